The smallest absolute Gasteiger partial charge is 0.156 e. The van der Waals surface area contributed by atoms with Crippen molar-refractivity contribution in [3.63, 3.8) is 0 Å². The van der Waals surface area contributed by atoms with E-state index in [1.54, 1.807) is 5.57 Å². The number of ether oxygens (including phenoxy) is 1. The predicted octanol–water partition coefficient (Wildman–Crippen LogP) is 6.62. The van der Waals surface area contributed by atoms with Gasteiger partial charge in [-0.1, -0.05) is 36.8 Å². The van der Waals surface area contributed by atoms with Gasteiger partial charge in [0.2, 0.25) is 0 Å². The highest BCUT2D eigenvalue weighted by Crippen LogP contribution is 2.45. The van der Waals surface area contributed by atoms with Crippen LogP contribution < -0.4 is 0 Å². The lowest BCUT2D eigenvalue weighted by atomic mass is 9.66. The lowest BCUT2D eigenvalue weighted by molar-refractivity contribution is 0.0641. The molecule has 0 amide bonds. The first-order valence-corrected chi connectivity index (χ1v) is 12.5. The van der Waals surface area contributed by atoms with Crippen LogP contribution in [0.4, 0.5) is 0 Å². The van der Waals surface area contributed by atoms with Crippen LogP contribution in [0.2, 0.25) is 0 Å². The summed E-state index contributed by atoms with van der Waals surface area (Å²) in [6.45, 7) is 2.84. The van der Waals surface area contributed by atoms with Crippen molar-refractivity contribution in [1.29, 1.82) is 0 Å². The normalized spacial score (nSPS) is 33.1. The average molecular weight is 421 g/mol. The first-order valence-electron chi connectivity index (χ1n) is 12.5. The maximum atomic E-state index is 10.5. The van der Waals surface area contributed by atoms with Gasteiger partial charge in [0, 0.05) is 25.0 Å². The summed E-state index contributed by atoms with van der Waals surface area (Å²) >= 11 is 0. The first-order chi connectivity index (χ1) is 15.2. The average Bonchev–Trinajstić information content (AvgIpc) is 2.81. The predicted molar refractivity (Wildman–Crippen MR) is 127 cm³/mol. The number of hydrogen-bond donors (Lipinski definition) is 1. The maximum Gasteiger partial charge on any atom is 0.156 e. The standard InChI is InChI=1S/C27H36N2O2/c1-2-13-31-26-17-24(28-27(29-26)23-9-5-6-10-25(23)30)21-12-11-20-14-18-7-3-4-8-19(18)15-22(20)16-21/h3,7,12,15,18,20,22,26,30H,2,4-6,8-11,13-14,16-17H2,1H3. The van der Waals surface area contributed by atoms with Gasteiger partial charge in [0.25, 0.3) is 0 Å². The lowest BCUT2D eigenvalue weighted by Gasteiger charge is -2.39. The van der Waals surface area contributed by atoms with E-state index in [4.69, 9.17) is 14.7 Å². The Morgan fingerprint density at radius 1 is 1.16 bits per heavy atom. The number of aliphatic hydroxyl groups is 1. The zero-order chi connectivity index (χ0) is 21.2. The van der Waals surface area contributed by atoms with Gasteiger partial charge in [-0.3, -0.25) is 0 Å². The fraction of sp³-hybridized carbons (Fsp3) is 0.630. The summed E-state index contributed by atoms with van der Waals surface area (Å²) < 4.78 is 6.07. The third kappa shape index (κ3) is 4.50. The molecule has 0 aromatic rings. The molecule has 4 atom stereocenters. The Labute approximate surface area is 186 Å². The number of allylic oxidation sites excluding steroid dienone is 7. The topological polar surface area (TPSA) is 54.2 Å². The van der Waals surface area contributed by atoms with Crippen molar-refractivity contribution < 1.29 is 9.84 Å². The fourth-order valence-corrected chi connectivity index (χ4v) is 5.91. The number of aliphatic imine (C=N–C) groups is 2. The molecule has 0 aromatic carbocycles. The minimum Gasteiger partial charge on any atom is -0.512 e. The molecule has 0 fully saturated rings. The molecule has 0 saturated carbocycles. The summed E-state index contributed by atoms with van der Waals surface area (Å²) in [6, 6.07) is 0. The molecule has 0 saturated heterocycles. The number of fused-ring (bicyclic) bond motifs is 2. The largest absolute Gasteiger partial charge is 0.512 e. The fourth-order valence-electron chi connectivity index (χ4n) is 5.91. The van der Waals surface area contributed by atoms with Crippen LogP contribution in [0, 0.1) is 17.8 Å². The molecule has 4 unspecified atom stereocenters. The van der Waals surface area contributed by atoms with Crippen LogP contribution in [0.15, 0.2) is 56.8 Å². The molecule has 166 valence electrons. The highest BCUT2D eigenvalue weighted by atomic mass is 16.5. The zero-order valence-electron chi connectivity index (χ0n) is 18.9. The summed E-state index contributed by atoms with van der Waals surface area (Å²) in [7, 11) is 0. The Morgan fingerprint density at radius 2 is 2.06 bits per heavy atom. The van der Waals surface area contributed by atoms with Crippen LogP contribution in [-0.4, -0.2) is 29.5 Å². The molecule has 5 rings (SSSR count). The van der Waals surface area contributed by atoms with E-state index < -0.39 is 0 Å². The molecule has 31 heavy (non-hydrogen) atoms. The van der Waals surface area contributed by atoms with E-state index in [9.17, 15) is 5.11 Å². The molecule has 0 bridgehead atoms. The van der Waals surface area contributed by atoms with Crippen LogP contribution in [0.25, 0.3) is 0 Å². The Morgan fingerprint density at radius 3 is 2.94 bits per heavy atom. The molecule has 4 nitrogen and oxygen atoms in total. The Kier molecular flexibility index (Phi) is 6.27. The van der Waals surface area contributed by atoms with Crippen molar-refractivity contribution in [2.24, 2.45) is 27.7 Å². The van der Waals surface area contributed by atoms with Gasteiger partial charge in [0.1, 0.15) is 0 Å². The molecule has 0 spiro atoms. The third-order valence-electron chi connectivity index (χ3n) is 7.63. The van der Waals surface area contributed by atoms with E-state index in [0.717, 1.165) is 74.4 Å². The van der Waals surface area contributed by atoms with Gasteiger partial charge < -0.3 is 9.84 Å². The van der Waals surface area contributed by atoms with Gasteiger partial charge in [-0.2, -0.15) is 0 Å². The van der Waals surface area contributed by atoms with Crippen LogP contribution in [0.5, 0.6) is 0 Å². The van der Waals surface area contributed by atoms with Gasteiger partial charge >= 0.3 is 0 Å². The maximum absolute atomic E-state index is 10.5. The van der Waals surface area contributed by atoms with Crippen LogP contribution >= 0.6 is 0 Å². The molecule has 1 heterocycles. The summed E-state index contributed by atoms with van der Waals surface area (Å²) in [4.78, 5) is 9.84. The minimum atomic E-state index is -0.180. The van der Waals surface area contributed by atoms with E-state index >= 15 is 0 Å². The van der Waals surface area contributed by atoms with Crippen LogP contribution in [0.3, 0.4) is 0 Å². The van der Waals surface area contributed by atoms with E-state index in [0.29, 0.717) is 24.2 Å². The number of hydrogen-bond acceptors (Lipinski definition) is 4. The first kappa shape index (κ1) is 20.9. The van der Waals surface area contributed by atoms with Gasteiger partial charge in [-0.15, -0.1) is 0 Å². The highest BCUT2D eigenvalue weighted by molar-refractivity contribution is 6.13. The molecule has 1 aliphatic heterocycles. The number of nitrogens with zero attached hydrogens (tertiary/aromatic N) is 2. The van der Waals surface area contributed by atoms with Crippen molar-refractivity contribution in [3.05, 3.63) is 46.8 Å². The Bertz CT molecular complexity index is 889. The molecule has 0 aromatic heterocycles. The van der Waals surface area contributed by atoms with Crippen molar-refractivity contribution in [2.75, 3.05) is 6.61 Å². The monoisotopic (exact) mass is 420 g/mol. The SMILES string of the molecule is CCCOC1CC(C2=CCC3CC4C=CCCC4=CC3C2)=NC(C2=C(O)CCCC2)=N1. The second-order valence-electron chi connectivity index (χ2n) is 9.82. The number of aliphatic hydroxyl groups excluding tert-OH is 1. The van der Waals surface area contributed by atoms with Gasteiger partial charge in [0.15, 0.2) is 12.1 Å². The van der Waals surface area contributed by atoms with E-state index in [2.05, 4.69) is 31.2 Å². The molecular weight excluding hydrogens is 384 g/mol. The summed E-state index contributed by atoms with van der Waals surface area (Å²) in [5.41, 5.74) is 5.13. The molecular formula is C27H36N2O2. The van der Waals surface area contributed by atoms with Crippen molar-refractivity contribution >= 4 is 11.5 Å². The Hall–Kier alpha value is -1.94. The van der Waals surface area contributed by atoms with Gasteiger partial charge in [0.05, 0.1) is 11.5 Å². The molecule has 1 N–H and O–H groups in total. The molecule has 4 heteroatoms. The van der Waals surface area contributed by atoms with Crippen molar-refractivity contribution in [3.8, 4) is 0 Å². The second kappa shape index (κ2) is 9.28. The lowest BCUT2D eigenvalue weighted by Crippen LogP contribution is -2.31. The van der Waals surface area contributed by atoms with Crippen molar-refractivity contribution in [1.82, 2.24) is 0 Å². The molecule has 4 aliphatic carbocycles. The zero-order valence-corrected chi connectivity index (χ0v) is 18.9. The Balaban J connectivity index is 1.39. The molecule has 5 aliphatic rings. The second-order valence-corrected chi connectivity index (χ2v) is 9.82. The van der Waals surface area contributed by atoms with Gasteiger partial charge in [-0.05, 0) is 81.1 Å². The number of amidine groups is 1. The van der Waals surface area contributed by atoms with Crippen LogP contribution in [-0.2, 0) is 4.74 Å². The summed E-state index contributed by atoms with van der Waals surface area (Å²) in [6.07, 6.45) is 21.2. The summed E-state index contributed by atoms with van der Waals surface area (Å²) in [5.74, 6) is 3.29. The van der Waals surface area contributed by atoms with Crippen LogP contribution in [0.1, 0.15) is 77.6 Å². The van der Waals surface area contributed by atoms with E-state index in [-0.39, 0.29) is 6.23 Å². The van der Waals surface area contributed by atoms with E-state index in [1.807, 2.05) is 0 Å². The van der Waals surface area contributed by atoms with Crippen molar-refractivity contribution in [2.45, 2.75) is 83.8 Å². The van der Waals surface area contributed by atoms with E-state index in [1.165, 1.54) is 24.8 Å². The molecule has 0 radical (unpaired) electrons. The quantitative estimate of drug-likeness (QED) is 0.508. The minimum absolute atomic E-state index is 0.180. The third-order valence-corrected chi connectivity index (χ3v) is 7.63. The summed E-state index contributed by atoms with van der Waals surface area (Å²) in [5, 5.41) is 10.5. The van der Waals surface area contributed by atoms with Gasteiger partial charge in [-0.25, -0.2) is 9.98 Å². The highest BCUT2D eigenvalue weighted by Gasteiger charge is 2.35. The number of rotatable bonds is 5.